The van der Waals surface area contributed by atoms with Crippen molar-refractivity contribution in [1.29, 1.82) is 0 Å². The molecule has 0 amide bonds. The number of para-hydroxylation sites is 3. The van der Waals surface area contributed by atoms with Crippen LogP contribution in [0.5, 0.6) is 0 Å². The Bertz CT molecular complexity index is 2010. The average Bonchev–Trinajstić information content (AvgIpc) is 3.50. The largest absolute Gasteiger partial charge is 0.342 e. The number of hydrogen-bond acceptors (Lipinski definition) is 1. The predicted molar refractivity (Wildman–Crippen MR) is 161 cm³/mol. The highest BCUT2D eigenvalue weighted by molar-refractivity contribution is 6.15. The SMILES string of the molecule is Cn1c2ccccc2c2cccc(N(c3ccccc3)c3cc4c(c5ccccc35)-c3ccccc3C4)c21. The van der Waals surface area contributed by atoms with E-state index in [1.165, 1.54) is 66.2 Å². The number of fused-ring (bicyclic) bond motifs is 8. The summed E-state index contributed by atoms with van der Waals surface area (Å²) in [7, 11) is 2.19. The summed E-state index contributed by atoms with van der Waals surface area (Å²) < 4.78 is 2.35. The summed E-state index contributed by atoms with van der Waals surface area (Å²) in [4.78, 5) is 2.47. The Morgan fingerprint density at radius 3 is 2.11 bits per heavy atom. The van der Waals surface area contributed by atoms with Gasteiger partial charge in [0.1, 0.15) is 0 Å². The minimum atomic E-state index is 0.963. The molecule has 0 fully saturated rings. The fourth-order valence-corrected chi connectivity index (χ4v) is 6.56. The number of nitrogens with zero attached hydrogens (tertiary/aromatic N) is 2. The highest BCUT2D eigenvalue weighted by atomic mass is 15.2. The van der Waals surface area contributed by atoms with Crippen LogP contribution in [0.15, 0.2) is 127 Å². The van der Waals surface area contributed by atoms with Gasteiger partial charge in [0.15, 0.2) is 0 Å². The van der Waals surface area contributed by atoms with E-state index >= 15 is 0 Å². The van der Waals surface area contributed by atoms with Gasteiger partial charge in [-0.2, -0.15) is 0 Å². The lowest BCUT2D eigenvalue weighted by Gasteiger charge is -2.29. The summed E-state index contributed by atoms with van der Waals surface area (Å²) >= 11 is 0. The van der Waals surface area contributed by atoms with Crippen LogP contribution in [0.2, 0.25) is 0 Å². The van der Waals surface area contributed by atoms with Crippen LogP contribution in [0.1, 0.15) is 11.1 Å². The van der Waals surface area contributed by atoms with Crippen molar-refractivity contribution in [2.24, 2.45) is 7.05 Å². The van der Waals surface area contributed by atoms with Crippen molar-refractivity contribution >= 4 is 49.6 Å². The average molecular weight is 487 g/mol. The number of hydrogen-bond donors (Lipinski definition) is 0. The molecule has 0 saturated heterocycles. The van der Waals surface area contributed by atoms with Gasteiger partial charge in [-0.1, -0.05) is 97.1 Å². The molecule has 1 heterocycles. The van der Waals surface area contributed by atoms with E-state index in [4.69, 9.17) is 0 Å². The molecule has 0 saturated carbocycles. The van der Waals surface area contributed by atoms with Crippen molar-refractivity contribution in [3.05, 3.63) is 139 Å². The summed E-state index contributed by atoms with van der Waals surface area (Å²) in [6, 6.07) is 46.4. The molecule has 1 aliphatic carbocycles. The molecule has 0 spiro atoms. The number of benzene rings is 6. The fourth-order valence-electron chi connectivity index (χ4n) is 6.56. The number of anilines is 3. The maximum atomic E-state index is 2.47. The minimum absolute atomic E-state index is 0.963. The molecule has 1 aromatic heterocycles. The third-order valence-electron chi connectivity index (χ3n) is 8.17. The van der Waals surface area contributed by atoms with Crippen molar-refractivity contribution in [1.82, 2.24) is 4.57 Å². The van der Waals surface area contributed by atoms with E-state index in [2.05, 4.69) is 144 Å². The van der Waals surface area contributed by atoms with E-state index < -0.39 is 0 Å². The van der Waals surface area contributed by atoms with Gasteiger partial charge >= 0.3 is 0 Å². The number of rotatable bonds is 3. The molecule has 0 radical (unpaired) electrons. The van der Waals surface area contributed by atoms with Crippen molar-refractivity contribution < 1.29 is 0 Å². The van der Waals surface area contributed by atoms with Crippen molar-refractivity contribution in [3.8, 4) is 11.1 Å². The highest BCUT2D eigenvalue weighted by Gasteiger charge is 2.26. The Morgan fingerprint density at radius 2 is 1.24 bits per heavy atom. The molecule has 6 aromatic carbocycles. The smallest absolute Gasteiger partial charge is 0.0733 e. The molecular weight excluding hydrogens is 460 g/mol. The van der Waals surface area contributed by atoms with Crippen LogP contribution in [0.25, 0.3) is 43.7 Å². The van der Waals surface area contributed by atoms with Gasteiger partial charge in [-0.25, -0.2) is 0 Å². The molecule has 0 N–H and O–H groups in total. The lowest BCUT2D eigenvalue weighted by molar-refractivity contribution is 1.01. The second-order valence-electron chi connectivity index (χ2n) is 10.2. The third-order valence-corrected chi connectivity index (χ3v) is 8.17. The Balaban J connectivity index is 1.48. The first-order valence-corrected chi connectivity index (χ1v) is 13.2. The number of aryl methyl sites for hydroxylation is 1. The van der Waals surface area contributed by atoms with E-state index in [1.807, 2.05) is 0 Å². The lowest BCUT2D eigenvalue weighted by atomic mass is 9.95. The first-order valence-electron chi connectivity index (χ1n) is 13.2. The van der Waals surface area contributed by atoms with Gasteiger partial charge < -0.3 is 9.47 Å². The van der Waals surface area contributed by atoms with Crippen LogP contribution in [0, 0.1) is 0 Å². The molecule has 1 aliphatic rings. The van der Waals surface area contributed by atoms with Gasteiger partial charge in [0, 0.05) is 34.4 Å². The normalized spacial score (nSPS) is 12.2. The summed E-state index contributed by atoms with van der Waals surface area (Å²) in [6.45, 7) is 0. The van der Waals surface area contributed by atoms with E-state index in [1.54, 1.807) is 0 Å². The molecule has 2 nitrogen and oxygen atoms in total. The second-order valence-corrected chi connectivity index (χ2v) is 10.2. The molecule has 0 bridgehead atoms. The molecule has 8 rings (SSSR count). The van der Waals surface area contributed by atoms with Gasteiger partial charge in [-0.15, -0.1) is 0 Å². The first kappa shape index (κ1) is 21.3. The van der Waals surface area contributed by atoms with E-state index in [-0.39, 0.29) is 0 Å². The quantitative estimate of drug-likeness (QED) is 0.241. The Kier molecular flexibility index (Phi) is 4.53. The van der Waals surface area contributed by atoms with Crippen molar-refractivity contribution in [2.75, 3.05) is 4.90 Å². The summed E-state index contributed by atoms with van der Waals surface area (Å²) in [5.74, 6) is 0. The van der Waals surface area contributed by atoms with Crippen molar-refractivity contribution in [2.45, 2.75) is 6.42 Å². The van der Waals surface area contributed by atoms with Crippen molar-refractivity contribution in [3.63, 3.8) is 0 Å². The molecule has 0 unspecified atom stereocenters. The zero-order valence-electron chi connectivity index (χ0n) is 21.2. The van der Waals surface area contributed by atoms with Crippen LogP contribution in [-0.4, -0.2) is 4.57 Å². The zero-order valence-corrected chi connectivity index (χ0v) is 21.2. The Hall–Kier alpha value is -4.82. The van der Waals surface area contributed by atoms with Gasteiger partial charge in [0.25, 0.3) is 0 Å². The van der Waals surface area contributed by atoms with Crippen LogP contribution in [0.4, 0.5) is 17.1 Å². The summed E-state index contributed by atoms with van der Waals surface area (Å²) in [6.07, 6.45) is 0.963. The van der Waals surface area contributed by atoms with Crippen LogP contribution in [0.3, 0.4) is 0 Å². The fraction of sp³-hybridized carbons (Fsp3) is 0.0556. The molecule has 0 atom stereocenters. The predicted octanol–water partition coefficient (Wildman–Crippen LogP) is 9.53. The molecule has 180 valence electrons. The minimum Gasteiger partial charge on any atom is -0.342 e. The summed E-state index contributed by atoms with van der Waals surface area (Å²) in [5.41, 5.74) is 11.6. The monoisotopic (exact) mass is 486 g/mol. The van der Waals surface area contributed by atoms with Gasteiger partial charge in [0.2, 0.25) is 0 Å². The molecule has 7 aromatic rings. The topological polar surface area (TPSA) is 8.17 Å². The molecular formula is C36H26N2. The van der Waals surface area contributed by atoms with E-state index in [9.17, 15) is 0 Å². The van der Waals surface area contributed by atoms with Crippen LogP contribution >= 0.6 is 0 Å². The molecule has 2 heteroatoms. The zero-order chi connectivity index (χ0) is 25.2. The van der Waals surface area contributed by atoms with Crippen LogP contribution < -0.4 is 4.90 Å². The lowest BCUT2D eigenvalue weighted by Crippen LogP contribution is -2.12. The highest BCUT2D eigenvalue weighted by Crippen LogP contribution is 2.49. The molecule has 38 heavy (non-hydrogen) atoms. The van der Waals surface area contributed by atoms with Gasteiger partial charge in [-0.3, -0.25) is 0 Å². The van der Waals surface area contributed by atoms with Crippen LogP contribution in [-0.2, 0) is 13.5 Å². The maximum Gasteiger partial charge on any atom is 0.0733 e. The number of aromatic nitrogens is 1. The maximum absolute atomic E-state index is 2.47. The molecule has 0 aliphatic heterocycles. The standard InChI is InChI=1S/C36H26N2/c1-37-32-20-10-9-17-29(32)31-19-11-21-33(36(31)37)38(26-13-3-2-4-14-26)34-23-25-22-24-12-5-6-15-27(24)35(25)30-18-8-7-16-28(30)34/h2-21,23H,22H2,1H3. The van der Waals surface area contributed by atoms with Gasteiger partial charge in [0.05, 0.1) is 16.9 Å². The second kappa shape index (κ2) is 8.09. The Labute approximate surface area is 222 Å². The van der Waals surface area contributed by atoms with Gasteiger partial charge in [-0.05, 0) is 64.4 Å². The van der Waals surface area contributed by atoms with E-state index in [0.717, 1.165) is 12.1 Å². The van der Waals surface area contributed by atoms with E-state index in [0.29, 0.717) is 0 Å². The Morgan fingerprint density at radius 1 is 0.553 bits per heavy atom. The third kappa shape index (κ3) is 2.95. The first-order chi connectivity index (χ1) is 18.8. The summed E-state index contributed by atoms with van der Waals surface area (Å²) in [5, 5.41) is 5.14.